The van der Waals surface area contributed by atoms with Gasteiger partial charge in [-0.05, 0) is 39.2 Å². The smallest absolute Gasteiger partial charge is 0.326 e. The third-order valence-corrected chi connectivity index (χ3v) is 4.79. The number of rotatable bonds is 4. The van der Waals surface area contributed by atoms with Crippen LogP contribution in [0.15, 0.2) is 11.1 Å². The topological polar surface area (TPSA) is 70.1 Å². The van der Waals surface area contributed by atoms with Crippen LogP contribution in [0, 0.1) is 6.92 Å². The van der Waals surface area contributed by atoms with Crippen LogP contribution in [0.25, 0.3) is 0 Å². The first kappa shape index (κ1) is 14.4. The van der Waals surface area contributed by atoms with Crippen molar-refractivity contribution < 1.29 is 9.53 Å². The molecule has 1 heterocycles. The first-order valence-electron chi connectivity index (χ1n) is 6.58. The van der Waals surface area contributed by atoms with E-state index in [4.69, 9.17) is 10.5 Å². The molecular weight excluding hydrogens is 262 g/mol. The molecule has 106 valence electrons. The highest BCUT2D eigenvalue weighted by atomic mass is 32.2. The van der Waals surface area contributed by atoms with Crippen LogP contribution < -0.4 is 5.73 Å². The average molecular weight is 283 g/mol. The number of thioether (sulfide) groups is 1. The number of hydrogen-bond donors (Lipinski definition) is 1. The molecule has 2 rings (SSSR count). The summed E-state index contributed by atoms with van der Waals surface area (Å²) in [4.78, 5) is 11.9. The van der Waals surface area contributed by atoms with Gasteiger partial charge in [0.15, 0.2) is 0 Å². The van der Waals surface area contributed by atoms with Gasteiger partial charge in [0.25, 0.3) is 0 Å². The number of nitrogens with zero attached hydrogens (tertiary/aromatic N) is 2. The Labute approximate surface area is 117 Å². The van der Waals surface area contributed by atoms with Gasteiger partial charge in [0, 0.05) is 12.3 Å². The molecule has 19 heavy (non-hydrogen) atoms. The maximum absolute atomic E-state index is 11.9. The van der Waals surface area contributed by atoms with Crippen molar-refractivity contribution in [3.8, 4) is 0 Å². The fourth-order valence-electron chi connectivity index (χ4n) is 2.46. The molecule has 2 N–H and O–H groups in total. The fourth-order valence-corrected chi connectivity index (χ4v) is 3.85. The molecule has 1 saturated carbocycles. The number of ether oxygens (including phenoxy) is 1. The van der Waals surface area contributed by atoms with E-state index in [1.807, 2.05) is 18.7 Å². The third-order valence-electron chi connectivity index (χ3n) is 3.43. The zero-order chi connectivity index (χ0) is 14.0. The molecule has 2 unspecified atom stereocenters. The molecule has 0 aliphatic heterocycles. The minimum atomic E-state index is -0.804. The third kappa shape index (κ3) is 3.12. The summed E-state index contributed by atoms with van der Waals surface area (Å²) in [5.74, 6) is -0.265. The van der Waals surface area contributed by atoms with Crippen molar-refractivity contribution in [2.45, 2.75) is 48.9 Å². The standard InChI is InChI=1S/C13H21N3O2S/c1-4-18-12(17)13(14)6-5-10(8-13)19-11-7-9(2)15-16(11)3/h7,10H,4-6,8,14H2,1-3H3. The number of carbonyl (C=O) groups excluding carboxylic acids is 1. The number of nitrogens with two attached hydrogens (primary N) is 1. The van der Waals surface area contributed by atoms with Crippen LogP contribution in [0.4, 0.5) is 0 Å². The monoisotopic (exact) mass is 283 g/mol. The van der Waals surface area contributed by atoms with Crippen molar-refractivity contribution in [3.05, 3.63) is 11.8 Å². The Hall–Kier alpha value is -1.01. The summed E-state index contributed by atoms with van der Waals surface area (Å²) in [5.41, 5.74) is 6.37. The predicted octanol–water partition coefficient (Wildman–Crippen LogP) is 1.63. The lowest BCUT2D eigenvalue weighted by Gasteiger charge is -2.21. The first-order valence-corrected chi connectivity index (χ1v) is 7.46. The molecule has 0 saturated heterocycles. The van der Waals surface area contributed by atoms with Crippen molar-refractivity contribution in [1.82, 2.24) is 9.78 Å². The van der Waals surface area contributed by atoms with Gasteiger partial charge in [-0.25, -0.2) is 0 Å². The first-order chi connectivity index (χ1) is 8.94. The molecule has 0 amide bonds. The van der Waals surface area contributed by atoms with E-state index >= 15 is 0 Å². The van der Waals surface area contributed by atoms with E-state index in [2.05, 4.69) is 11.2 Å². The van der Waals surface area contributed by atoms with E-state index in [0.717, 1.165) is 17.1 Å². The summed E-state index contributed by atoms with van der Waals surface area (Å²) in [6.45, 7) is 4.17. The zero-order valence-electron chi connectivity index (χ0n) is 11.7. The summed E-state index contributed by atoms with van der Waals surface area (Å²) in [7, 11) is 1.94. The number of aromatic nitrogens is 2. The van der Waals surface area contributed by atoms with Crippen molar-refractivity contribution in [3.63, 3.8) is 0 Å². The van der Waals surface area contributed by atoms with Gasteiger partial charge in [0.1, 0.15) is 5.54 Å². The highest BCUT2D eigenvalue weighted by Crippen LogP contribution is 2.39. The summed E-state index contributed by atoms with van der Waals surface area (Å²) in [5, 5.41) is 5.80. The van der Waals surface area contributed by atoms with Crippen molar-refractivity contribution >= 4 is 17.7 Å². The Morgan fingerprint density at radius 1 is 1.74 bits per heavy atom. The average Bonchev–Trinajstić information content (AvgIpc) is 2.85. The van der Waals surface area contributed by atoms with Crippen LogP contribution in [0.5, 0.6) is 0 Å². The van der Waals surface area contributed by atoms with Crippen LogP contribution in [-0.2, 0) is 16.6 Å². The Kier molecular flexibility index (Phi) is 4.20. The second-order valence-corrected chi connectivity index (χ2v) is 6.43. The summed E-state index contributed by atoms with van der Waals surface area (Å²) < 4.78 is 6.94. The molecule has 0 radical (unpaired) electrons. The minimum Gasteiger partial charge on any atom is -0.465 e. The summed E-state index contributed by atoms with van der Waals surface area (Å²) in [6, 6.07) is 2.06. The molecule has 0 spiro atoms. The van der Waals surface area contributed by atoms with Gasteiger partial charge in [-0.3, -0.25) is 9.48 Å². The number of carbonyl (C=O) groups is 1. The second-order valence-electron chi connectivity index (χ2n) is 5.11. The van der Waals surface area contributed by atoms with Gasteiger partial charge in [0.05, 0.1) is 17.3 Å². The van der Waals surface area contributed by atoms with E-state index in [9.17, 15) is 4.79 Å². The van der Waals surface area contributed by atoms with E-state index in [1.54, 1.807) is 18.7 Å². The Balaban J connectivity index is 1.98. The molecule has 1 aliphatic rings. The summed E-state index contributed by atoms with van der Waals surface area (Å²) >= 11 is 1.75. The van der Waals surface area contributed by atoms with Crippen molar-refractivity contribution in [1.29, 1.82) is 0 Å². The highest BCUT2D eigenvalue weighted by Gasteiger charge is 2.43. The zero-order valence-corrected chi connectivity index (χ0v) is 12.5. The Morgan fingerprint density at radius 2 is 2.47 bits per heavy atom. The van der Waals surface area contributed by atoms with Crippen LogP contribution in [0.3, 0.4) is 0 Å². The quantitative estimate of drug-likeness (QED) is 0.851. The lowest BCUT2D eigenvalue weighted by molar-refractivity contribution is -0.149. The van der Waals surface area contributed by atoms with E-state index in [-0.39, 0.29) is 5.97 Å². The number of esters is 1. The molecule has 2 atom stereocenters. The van der Waals surface area contributed by atoms with Gasteiger partial charge >= 0.3 is 5.97 Å². The molecule has 0 bridgehead atoms. The van der Waals surface area contributed by atoms with Crippen LogP contribution >= 0.6 is 11.8 Å². The predicted molar refractivity (Wildman–Crippen MR) is 75.0 cm³/mol. The largest absolute Gasteiger partial charge is 0.465 e. The van der Waals surface area contributed by atoms with Crippen LogP contribution in [0.2, 0.25) is 0 Å². The number of aryl methyl sites for hydroxylation is 2. The van der Waals surface area contributed by atoms with Crippen LogP contribution in [-0.4, -0.2) is 33.1 Å². The second kappa shape index (κ2) is 5.54. The van der Waals surface area contributed by atoms with E-state index < -0.39 is 5.54 Å². The maximum Gasteiger partial charge on any atom is 0.326 e. The van der Waals surface area contributed by atoms with Gasteiger partial charge in [-0.1, -0.05) is 0 Å². The molecular formula is C13H21N3O2S. The summed E-state index contributed by atoms with van der Waals surface area (Å²) in [6.07, 6.45) is 2.30. The van der Waals surface area contributed by atoms with Gasteiger partial charge in [0.2, 0.25) is 0 Å². The fraction of sp³-hybridized carbons (Fsp3) is 0.692. The highest BCUT2D eigenvalue weighted by molar-refractivity contribution is 7.99. The van der Waals surface area contributed by atoms with E-state index in [0.29, 0.717) is 24.7 Å². The maximum atomic E-state index is 11.9. The minimum absolute atomic E-state index is 0.265. The SMILES string of the molecule is CCOC(=O)C1(N)CCC(Sc2cc(C)nn2C)C1. The van der Waals surface area contributed by atoms with Gasteiger partial charge < -0.3 is 10.5 Å². The molecule has 0 aromatic carbocycles. The van der Waals surface area contributed by atoms with Gasteiger partial charge in [-0.15, -0.1) is 11.8 Å². The Morgan fingerprint density at radius 3 is 3.05 bits per heavy atom. The molecule has 1 fully saturated rings. The molecule has 6 heteroatoms. The Bertz CT molecular complexity index is 474. The normalized spacial score (nSPS) is 26.6. The molecule has 1 aromatic heterocycles. The molecule has 5 nitrogen and oxygen atoms in total. The molecule has 1 aromatic rings. The van der Waals surface area contributed by atoms with Crippen molar-refractivity contribution in [2.75, 3.05) is 6.61 Å². The lowest BCUT2D eigenvalue weighted by atomic mass is 10.00. The van der Waals surface area contributed by atoms with Gasteiger partial charge in [-0.2, -0.15) is 5.10 Å². The van der Waals surface area contributed by atoms with E-state index in [1.165, 1.54) is 0 Å². The number of hydrogen-bond acceptors (Lipinski definition) is 5. The lowest BCUT2D eigenvalue weighted by Crippen LogP contribution is -2.47. The van der Waals surface area contributed by atoms with Crippen molar-refractivity contribution in [2.24, 2.45) is 12.8 Å². The molecule has 1 aliphatic carbocycles. The van der Waals surface area contributed by atoms with Crippen LogP contribution in [0.1, 0.15) is 31.9 Å².